The number of nitrogens with zero attached hydrogens (tertiary/aromatic N) is 5. The molecule has 26 heteroatoms. The molecule has 2 aliphatic rings. The zero-order valence-corrected chi connectivity index (χ0v) is 37.4. The third-order valence-corrected chi connectivity index (χ3v) is 11.5. The van der Waals surface area contributed by atoms with Gasteiger partial charge in [-0.1, -0.05) is 22.0 Å². The lowest BCUT2D eigenvalue weighted by Gasteiger charge is -2.41. The van der Waals surface area contributed by atoms with Crippen molar-refractivity contribution in [2.24, 2.45) is 0 Å². The van der Waals surface area contributed by atoms with E-state index in [1.807, 2.05) is 10.9 Å². The van der Waals surface area contributed by atoms with E-state index in [4.69, 9.17) is 36.4 Å². The Kier molecular flexibility index (Phi) is 20.2. The number of nitrogens with two attached hydrogens (primary N) is 1. The summed E-state index contributed by atoms with van der Waals surface area (Å²) in [5, 5.41) is 47.5. The Balaban J connectivity index is 0.000000406. The van der Waals surface area contributed by atoms with Crippen LogP contribution in [0.3, 0.4) is 0 Å². The summed E-state index contributed by atoms with van der Waals surface area (Å²) in [5.41, 5.74) is 7.51. The molecule has 1 saturated carbocycles. The van der Waals surface area contributed by atoms with E-state index in [9.17, 15) is 46.0 Å². The Bertz CT molecular complexity index is 2530. The van der Waals surface area contributed by atoms with Gasteiger partial charge in [-0.3, -0.25) is 9.62 Å². The molecule has 2 fully saturated rings. The highest BCUT2D eigenvalue weighted by Gasteiger charge is 2.31. The monoisotopic (exact) mass is 1030 g/mol. The predicted octanol–water partition coefficient (Wildman–Crippen LogP) is 4.53. The summed E-state index contributed by atoms with van der Waals surface area (Å²) in [7, 11) is -2.62. The molecule has 1 aliphatic carbocycles. The number of benzene rings is 2. The number of likely N-dealkylation sites (N-methyl/N-ethyl adjacent to an activating group) is 1. The highest BCUT2D eigenvalue weighted by Crippen LogP contribution is 2.40. The number of aromatic nitrogens is 3. The molecule has 0 atom stereocenters. The van der Waals surface area contributed by atoms with Crippen LogP contribution in [0.2, 0.25) is 0 Å². The van der Waals surface area contributed by atoms with Gasteiger partial charge in [0, 0.05) is 91.0 Å². The van der Waals surface area contributed by atoms with Crippen molar-refractivity contribution in [3.8, 4) is 11.1 Å². The van der Waals surface area contributed by atoms with Gasteiger partial charge in [0.2, 0.25) is 0 Å². The molecule has 0 unspecified atom stereocenters. The highest BCUT2D eigenvalue weighted by atomic mass is 79.9. The first-order chi connectivity index (χ1) is 31.4. The van der Waals surface area contributed by atoms with Gasteiger partial charge in [-0.05, 0) is 62.6 Å². The third-order valence-electron chi connectivity index (χ3n) is 9.61. The summed E-state index contributed by atoms with van der Waals surface area (Å²) in [6, 6.07) is 6.25. The molecule has 6 rings (SSSR count). The van der Waals surface area contributed by atoms with E-state index in [2.05, 4.69) is 47.3 Å². The second-order valence-electron chi connectivity index (χ2n) is 14.2. The Morgan fingerprint density at radius 1 is 0.701 bits per heavy atom. The maximum Gasteiger partial charge on any atom is 0.328 e. The van der Waals surface area contributed by atoms with Crippen molar-refractivity contribution in [3.05, 3.63) is 101 Å². The summed E-state index contributed by atoms with van der Waals surface area (Å²) < 4.78 is 73.7. The largest absolute Gasteiger partial charge is 0.478 e. The fourth-order valence-corrected chi connectivity index (χ4v) is 8.26. The number of rotatable bonds is 12. The number of aliphatic carboxylic acids is 6. The molecule has 2 aromatic carbocycles. The first-order valence-corrected chi connectivity index (χ1v) is 21.6. The molecule has 1 aliphatic heterocycles. The quantitative estimate of drug-likeness (QED) is 0.0904. The van der Waals surface area contributed by atoms with Gasteiger partial charge < -0.3 is 45.8 Å². The number of sulfonamides is 1. The second-order valence-corrected chi connectivity index (χ2v) is 16.8. The molecule has 0 bridgehead atoms. The lowest BCUT2D eigenvalue weighted by Crippen LogP contribution is -2.49. The lowest BCUT2D eigenvalue weighted by atomic mass is 9.89. The van der Waals surface area contributed by atoms with E-state index in [1.54, 1.807) is 0 Å². The summed E-state index contributed by atoms with van der Waals surface area (Å²) in [4.78, 5) is 69.7. The van der Waals surface area contributed by atoms with Crippen molar-refractivity contribution in [2.75, 3.05) is 43.7 Å². The van der Waals surface area contributed by atoms with Crippen LogP contribution in [0.5, 0.6) is 0 Å². The average molecular weight is 1030 g/mol. The van der Waals surface area contributed by atoms with Crippen LogP contribution in [-0.4, -0.2) is 138 Å². The van der Waals surface area contributed by atoms with E-state index in [0.717, 1.165) is 70.1 Å². The van der Waals surface area contributed by atoms with Crippen molar-refractivity contribution in [1.82, 2.24) is 24.3 Å². The number of halogens is 4. The molecular formula is C41H43BrF3N7O14S. The Morgan fingerprint density at radius 3 is 1.58 bits per heavy atom. The average Bonchev–Trinajstić information content (AvgIpc) is 3.64. The SMILES string of the molecule is CN1CCN(C2CCC(n3cc(-c4ccc(NS(=O)(=O)c5c(F)cc(Br)cc5F)c(F)c4)c4c(N)ncnc43)CC2)CC1.O=C(O)/C=C\C(=O)O.O=C(O)/C=C\C(=O)O.O=C(O)/C=C\C(=O)O. The number of anilines is 2. The maximum atomic E-state index is 15.4. The molecular weight excluding hydrogens is 983 g/mol. The zero-order valence-electron chi connectivity index (χ0n) is 35.0. The van der Waals surface area contributed by atoms with E-state index in [0.29, 0.717) is 64.7 Å². The van der Waals surface area contributed by atoms with Crippen LogP contribution in [0.25, 0.3) is 22.2 Å². The molecule has 4 aromatic rings. The van der Waals surface area contributed by atoms with Crippen LogP contribution >= 0.6 is 15.9 Å². The van der Waals surface area contributed by atoms with Crippen molar-refractivity contribution in [3.63, 3.8) is 0 Å². The number of carboxylic acids is 6. The number of hydrogen-bond acceptors (Lipinski definition) is 13. The van der Waals surface area contributed by atoms with Gasteiger partial charge in [0.05, 0.1) is 11.1 Å². The summed E-state index contributed by atoms with van der Waals surface area (Å²) >= 11 is 2.91. The fourth-order valence-electron chi connectivity index (χ4n) is 6.67. The van der Waals surface area contributed by atoms with Crippen LogP contribution in [0.1, 0.15) is 31.7 Å². The van der Waals surface area contributed by atoms with Crippen LogP contribution in [-0.2, 0) is 38.8 Å². The van der Waals surface area contributed by atoms with E-state index in [-0.39, 0.29) is 16.3 Å². The van der Waals surface area contributed by atoms with Gasteiger partial charge in [-0.15, -0.1) is 0 Å². The molecule has 1 saturated heterocycles. The minimum absolute atomic E-state index is 0.0301. The molecule has 0 amide bonds. The molecule has 0 radical (unpaired) electrons. The molecule has 21 nitrogen and oxygen atoms in total. The fraction of sp³-hybridized carbons (Fsp3) is 0.268. The molecule has 67 heavy (non-hydrogen) atoms. The van der Waals surface area contributed by atoms with Crippen molar-refractivity contribution in [2.45, 2.75) is 42.7 Å². The van der Waals surface area contributed by atoms with Gasteiger partial charge in [0.15, 0.2) is 4.90 Å². The Hall–Kier alpha value is -7.16. The van der Waals surface area contributed by atoms with Crippen LogP contribution in [0.4, 0.5) is 24.7 Å². The summed E-state index contributed by atoms with van der Waals surface area (Å²) in [6.07, 6.45) is 10.7. The normalized spacial score (nSPS) is 16.6. The minimum atomic E-state index is -4.77. The van der Waals surface area contributed by atoms with Crippen molar-refractivity contribution < 1.29 is 81.0 Å². The third kappa shape index (κ3) is 17.0. The van der Waals surface area contributed by atoms with Crippen LogP contribution in [0, 0.1) is 17.5 Å². The van der Waals surface area contributed by atoms with Crippen molar-refractivity contribution in [1.29, 1.82) is 0 Å². The number of nitrogen functional groups attached to an aromatic ring is 1. The molecule has 9 N–H and O–H groups in total. The number of nitrogens with one attached hydrogen (secondary N) is 1. The maximum absolute atomic E-state index is 15.4. The van der Waals surface area contributed by atoms with E-state index in [1.165, 1.54) is 18.5 Å². The zero-order chi connectivity index (χ0) is 50.2. The number of carboxylic acid groups (broad SMARTS) is 6. The van der Waals surface area contributed by atoms with Gasteiger partial charge in [0.1, 0.15) is 35.2 Å². The highest BCUT2D eigenvalue weighted by molar-refractivity contribution is 9.10. The Labute approximate surface area is 387 Å². The summed E-state index contributed by atoms with van der Waals surface area (Å²) in [5.74, 6) is -10.8. The van der Waals surface area contributed by atoms with E-state index < -0.39 is 73.9 Å². The summed E-state index contributed by atoms with van der Waals surface area (Å²) in [6.45, 7) is 4.32. The van der Waals surface area contributed by atoms with Crippen LogP contribution in [0.15, 0.2) is 88.7 Å². The molecule has 0 spiro atoms. The first-order valence-electron chi connectivity index (χ1n) is 19.3. The van der Waals surface area contributed by atoms with Crippen molar-refractivity contribution >= 4 is 84.3 Å². The van der Waals surface area contributed by atoms with Gasteiger partial charge >= 0.3 is 35.8 Å². The van der Waals surface area contributed by atoms with Gasteiger partial charge in [0.25, 0.3) is 10.0 Å². The first kappa shape index (κ1) is 54.2. The van der Waals surface area contributed by atoms with E-state index >= 15 is 4.39 Å². The molecule has 3 heterocycles. The smallest absolute Gasteiger partial charge is 0.328 e. The number of piperazine rings is 1. The molecule has 2 aromatic heterocycles. The molecule has 360 valence electrons. The number of hydrogen-bond donors (Lipinski definition) is 8. The minimum Gasteiger partial charge on any atom is -0.478 e. The van der Waals surface area contributed by atoms with Gasteiger partial charge in [-0.2, -0.15) is 0 Å². The predicted molar refractivity (Wildman–Crippen MR) is 236 cm³/mol. The standard InChI is InChI=1S/C29H31BrF3N7O2S.3C4H4O4/c1-38-8-10-39(11-9-38)19-3-5-20(6-4-19)40-15-21(26-28(34)35-16-36-29(26)40)17-2-7-25(22(31)12-17)37-43(41,42)27-23(32)13-18(30)14-24(27)33;3*5-3(6)1-2-4(7)8/h2,7,12-16,19-20,37H,3-6,8-11H2,1H3,(H2,34,35,36);3*1-2H,(H,5,6)(H,7,8)/b;3*2-1-. The van der Waals surface area contributed by atoms with Crippen LogP contribution < -0.4 is 10.5 Å². The topological polar surface area (TPSA) is 333 Å². The Morgan fingerprint density at radius 2 is 1.15 bits per heavy atom. The van der Waals surface area contributed by atoms with Gasteiger partial charge in [-0.25, -0.2) is 60.3 Å². The lowest BCUT2D eigenvalue weighted by molar-refractivity contribution is -0.134. The number of carbonyl (C=O) groups is 6. The second kappa shape index (κ2) is 24.9. The number of fused-ring (bicyclic) bond motifs is 1.